The Morgan fingerprint density at radius 2 is 2.10 bits per heavy atom. The molecule has 2 N–H and O–H groups in total. The van der Waals surface area contributed by atoms with Crippen LogP contribution in [0, 0.1) is 0 Å². The van der Waals surface area contributed by atoms with Crippen LogP contribution < -0.4 is 5.32 Å². The van der Waals surface area contributed by atoms with Crippen molar-refractivity contribution in [3.8, 4) is 0 Å². The van der Waals surface area contributed by atoms with Gasteiger partial charge in [0, 0.05) is 18.2 Å². The Bertz CT molecular complexity index is 702. The Morgan fingerprint density at radius 1 is 1.35 bits per heavy atom. The third-order valence-corrected chi connectivity index (χ3v) is 5.79. The average molecular weight is 293 g/mol. The Labute approximate surface area is 117 Å². The van der Waals surface area contributed by atoms with Crippen LogP contribution in [-0.2, 0) is 9.84 Å². The summed E-state index contributed by atoms with van der Waals surface area (Å²) in [5, 5.41) is 12.3. The number of sulfone groups is 1. The largest absolute Gasteiger partial charge is 0.478 e. The first-order chi connectivity index (χ1) is 9.50. The lowest BCUT2D eigenvalue weighted by Gasteiger charge is -2.26. The van der Waals surface area contributed by atoms with Crippen LogP contribution in [0.25, 0.3) is 6.08 Å². The number of benzene rings is 1. The molecule has 0 radical (unpaired) electrons. The molecule has 1 saturated carbocycles. The zero-order chi connectivity index (χ0) is 14.3. The first kappa shape index (κ1) is 13.3. The highest BCUT2D eigenvalue weighted by Gasteiger charge is 2.32. The summed E-state index contributed by atoms with van der Waals surface area (Å²) in [6.07, 6.45) is 4.80. The van der Waals surface area contributed by atoms with Gasteiger partial charge in [0.25, 0.3) is 0 Å². The van der Waals surface area contributed by atoms with Crippen molar-refractivity contribution in [3.63, 3.8) is 0 Å². The molecule has 6 heteroatoms. The first-order valence-corrected chi connectivity index (χ1v) is 8.04. The zero-order valence-corrected chi connectivity index (χ0v) is 11.6. The van der Waals surface area contributed by atoms with Gasteiger partial charge in [-0.25, -0.2) is 13.2 Å². The van der Waals surface area contributed by atoms with Gasteiger partial charge in [0.1, 0.15) is 0 Å². The SMILES string of the molecule is O=C(O)c1cccc2c1C=C(CNC1CCC1)S2(=O)=O. The van der Waals surface area contributed by atoms with Crippen molar-refractivity contribution in [2.24, 2.45) is 0 Å². The number of aromatic carboxylic acids is 1. The van der Waals surface area contributed by atoms with E-state index in [4.69, 9.17) is 5.11 Å². The second-order valence-corrected chi connectivity index (χ2v) is 7.12. The summed E-state index contributed by atoms with van der Waals surface area (Å²) in [5.74, 6) is -1.11. The normalized spacial score (nSPS) is 20.1. The highest BCUT2D eigenvalue weighted by molar-refractivity contribution is 7.95. The van der Waals surface area contributed by atoms with E-state index in [0.717, 1.165) is 12.8 Å². The van der Waals surface area contributed by atoms with Crippen molar-refractivity contribution in [1.29, 1.82) is 0 Å². The van der Waals surface area contributed by atoms with Crippen molar-refractivity contribution in [1.82, 2.24) is 5.32 Å². The van der Waals surface area contributed by atoms with Crippen LogP contribution in [0.15, 0.2) is 28.0 Å². The van der Waals surface area contributed by atoms with Crippen LogP contribution in [0.2, 0.25) is 0 Å². The smallest absolute Gasteiger partial charge is 0.336 e. The highest BCUT2D eigenvalue weighted by atomic mass is 32.2. The number of hydrogen-bond acceptors (Lipinski definition) is 4. The van der Waals surface area contributed by atoms with Crippen LogP contribution in [0.5, 0.6) is 0 Å². The molecule has 106 valence electrons. The Kier molecular flexibility index (Phi) is 3.14. The van der Waals surface area contributed by atoms with Gasteiger partial charge in [0.15, 0.2) is 0 Å². The van der Waals surface area contributed by atoms with E-state index < -0.39 is 15.8 Å². The van der Waals surface area contributed by atoms with Gasteiger partial charge in [-0.2, -0.15) is 0 Å². The standard InChI is InChI=1S/C14H15NO4S/c16-14(17)11-5-2-6-13-12(11)7-10(20(13,18)19)8-15-9-3-1-4-9/h2,5-7,9,15H,1,3-4,8H2,(H,16,17). The van der Waals surface area contributed by atoms with E-state index in [1.165, 1.54) is 30.7 Å². The molecule has 0 amide bonds. The van der Waals surface area contributed by atoms with Gasteiger partial charge >= 0.3 is 5.97 Å². The fourth-order valence-electron chi connectivity index (χ4n) is 2.50. The van der Waals surface area contributed by atoms with Crippen LogP contribution in [0.4, 0.5) is 0 Å². The van der Waals surface area contributed by atoms with Gasteiger partial charge in [0.05, 0.1) is 15.4 Å². The molecule has 20 heavy (non-hydrogen) atoms. The van der Waals surface area contributed by atoms with E-state index in [0.29, 0.717) is 11.6 Å². The van der Waals surface area contributed by atoms with E-state index in [9.17, 15) is 13.2 Å². The molecule has 1 aromatic rings. The van der Waals surface area contributed by atoms with Gasteiger partial charge < -0.3 is 10.4 Å². The van der Waals surface area contributed by atoms with E-state index >= 15 is 0 Å². The number of carboxylic acid groups (broad SMARTS) is 1. The molecule has 0 saturated heterocycles. The van der Waals surface area contributed by atoms with Crippen LogP contribution >= 0.6 is 0 Å². The van der Waals surface area contributed by atoms with Crippen LogP contribution in [0.1, 0.15) is 35.2 Å². The maximum Gasteiger partial charge on any atom is 0.336 e. The zero-order valence-electron chi connectivity index (χ0n) is 10.8. The molecule has 0 aromatic heterocycles. The minimum Gasteiger partial charge on any atom is -0.478 e. The van der Waals surface area contributed by atoms with Crippen molar-refractivity contribution in [2.45, 2.75) is 30.2 Å². The minimum atomic E-state index is -3.55. The maximum atomic E-state index is 12.4. The Balaban J connectivity index is 1.94. The van der Waals surface area contributed by atoms with Gasteiger partial charge in [-0.3, -0.25) is 0 Å². The third-order valence-electron chi connectivity index (χ3n) is 3.91. The lowest BCUT2D eigenvalue weighted by Crippen LogP contribution is -2.36. The molecule has 1 fully saturated rings. The third kappa shape index (κ3) is 2.05. The number of hydrogen-bond donors (Lipinski definition) is 2. The quantitative estimate of drug-likeness (QED) is 0.882. The maximum absolute atomic E-state index is 12.4. The van der Waals surface area contributed by atoms with E-state index in [1.807, 2.05) is 0 Å². The first-order valence-electron chi connectivity index (χ1n) is 6.55. The molecular weight excluding hydrogens is 278 g/mol. The van der Waals surface area contributed by atoms with Gasteiger partial charge in [0.2, 0.25) is 9.84 Å². The van der Waals surface area contributed by atoms with Crippen molar-refractivity contribution in [3.05, 3.63) is 34.2 Å². The van der Waals surface area contributed by atoms with Gasteiger partial charge in [-0.15, -0.1) is 0 Å². The number of carbonyl (C=O) groups is 1. The summed E-state index contributed by atoms with van der Waals surface area (Å²) >= 11 is 0. The molecule has 0 bridgehead atoms. The molecule has 0 unspecified atom stereocenters. The van der Waals surface area contributed by atoms with Gasteiger partial charge in [-0.05, 0) is 31.1 Å². The minimum absolute atomic E-state index is 0.0321. The lowest BCUT2D eigenvalue weighted by molar-refractivity contribution is 0.0696. The fourth-order valence-corrected chi connectivity index (χ4v) is 4.04. The lowest BCUT2D eigenvalue weighted by atomic mass is 9.93. The molecular formula is C14H15NO4S. The highest BCUT2D eigenvalue weighted by Crippen LogP contribution is 2.34. The molecule has 2 aliphatic rings. The van der Waals surface area contributed by atoms with Crippen molar-refractivity contribution in [2.75, 3.05) is 6.54 Å². The summed E-state index contributed by atoms with van der Waals surface area (Å²) in [6.45, 7) is 0.265. The van der Waals surface area contributed by atoms with Gasteiger partial charge in [-0.1, -0.05) is 12.5 Å². The molecule has 0 atom stereocenters. The Hall–Kier alpha value is -1.66. The summed E-state index contributed by atoms with van der Waals surface area (Å²) in [7, 11) is -3.55. The summed E-state index contributed by atoms with van der Waals surface area (Å²) in [4.78, 5) is 11.5. The molecule has 1 heterocycles. The monoisotopic (exact) mass is 293 g/mol. The summed E-state index contributed by atoms with van der Waals surface area (Å²) in [6, 6.07) is 4.74. The number of carboxylic acids is 1. The summed E-state index contributed by atoms with van der Waals surface area (Å²) < 4.78 is 24.8. The fraction of sp³-hybridized carbons (Fsp3) is 0.357. The predicted molar refractivity (Wildman–Crippen MR) is 74.2 cm³/mol. The van der Waals surface area contributed by atoms with E-state index in [2.05, 4.69) is 5.32 Å². The number of nitrogens with one attached hydrogen (secondary N) is 1. The molecule has 0 spiro atoms. The topological polar surface area (TPSA) is 83.5 Å². The molecule has 3 rings (SSSR count). The molecule has 1 aliphatic heterocycles. The van der Waals surface area contributed by atoms with Crippen molar-refractivity contribution >= 4 is 21.9 Å². The molecule has 1 aliphatic carbocycles. The van der Waals surface area contributed by atoms with E-state index in [-0.39, 0.29) is 21.9 Å². The summed E-state index contributed by atoms with van der Waals surface area (Å²) in [5.41, 5.74) is 0.329. The molecule has 1 aromatic carbocycles. The number of rotatable bonds is 4. The molecule has 5 nitrogen and oxygen atoms in total. The second-order valence-electron chi connectivity index (χ2n) is 5.15. The average Bonchev–Trinajstić information content (AvgIpc) is 2.59. The van der Waals surface area contributed by atoms with Crippen LogP contribution in [0.3, 0.4) is 0 Å². The van der Waals surface area contributed by atoms with Crippen molar-refractivity contribution < 1.29 is 18.3 Å². The van der Waals surface area contributed by atoms with E-state index in [1.54, 1.807) is 0 Å². The number of fused-ring (bicyclic) bond motifs is 1. The second kappa shape index (κ2) is 4.71. The predicted octanol–water partition coefficient (Wildman–Crippen LogP) is 1.66. The van der Waals surface area contributed by atoms with Crippen LogP contribution in [-0.4, -0.2) is 32.1 Å². The Morgan fingerprint density at radius 3 is 2.70 bits per heavy atom.